The van der Waals surface area contributed by atoms with E-state index in [0.717, 1.165) is 11.4 Å². The van der Waals surface area contributed by atoms with Gasteiger partial charge in [0.25, 0.3) is 0 Å². The van der Waals surface area contributed by atoms with Crippen molar-refractivity contribution in [2.75, 3.05) is 5.43 Å². The van der Waals surface area contributed by atoms with Gasteiger partial charge in [0.15, 0.2) is 0 Å². The molecule has 1 aromatic carbocycles. The molecule has 80 valence electrons. The first-order valence-corrected chi connectivity index (χ1v) is 5.11. The molecule has 0 bridgehead atoms. The van der Waals surface area contributed by atoms with Gasteiger partial charge in [-0.15, -0.1) is 0 Å². The number of anilines is 1. The fourth-order valence-corrected chi connectivity index (χ4v) is 1.25. The molecule has 2 rings (SSSR count). The van der Waals surface area contributed by atoms with Crippen LogP contribution in [0.5, 0.6) is 0 Å². The van der Waals surface area contributed by atoms with E-state index in [1.807, 2.05) is 42.5 Å². The van der Waals surface area contributed by atoms with E-state index in [9.17, 15) is 0 Å². The molecule has 0 fully saturated rings. The average Bonchev–Trinajstić information content (AvgIpc) is 2.33. The molecule has 0 saturated carbocycles. The van der Waals surface area contributed by atoms with Gasteiger partial charge in [0.1, 0.15) is 0 Å². The molecule has 16 heavy (non-hydrogen) atoms. The van der Waals surface area contributed by atoms with Gasteiger partial charge in [0, 0.05) is 6.20 Å². The number of benzene rings is 1. The van der Waals surface area contributed by atoms with E-state index in [4.69, 9.17) is 0 Å². The Kier molecular flexibility index (Phi) is 3.28. The summed E-state index contributed by atoms with van der Waals surface area (Å²) in [6.45, 7) is 2.06. The van der Waals surface area contributed by atoms with Gasteiger partial charge < -0.3 is 0 Å². The third kappa shape index (κ3) is 2.92. The SMILES string of the molecule is Cc1ccc(N/N=C/c2ccccn2)cc1. The van der Waals surface area contributed by atoms with Crippen LogP contribution >= 0.6 is 0 Å². The molecule has 1 aromatic heterocycles. The quantitative estimate of drug-likeness (QED) is 0.626. The summed E-state index contributed by atoms with van der Waals surface area (Å²) in [5.41, 5.74) is 5.99. The van der Waals surface area contributed by atoms with Gasteiger partial charge in [-0.05, 0) is 31.2 Å². The summed E-state index contributed by atoms with van der Waals surface area (Å²) in [4.78, 5) is 4.13. The fourth-order valence-electron chi connectivity index (χ4n) is 1.25. The molecule has 0 saturated heterocycles. The van der Waals surface area contributed by atoms with Crippen LogP contribution in [-0.4, -0.2) is 11.2 Å². The molecule has 3 nitrogen and oxygen atoms in total. The number of pyridine rings is 1. The monoisotopic (exact) mass is 211 g/mol. The molecule has 1 heterocycles. The standard InChI is InChI=1S/C13H13N3/c1-11-5-7-12(8-6-11)16-15-10-13-4-2-3-9-14-13/h2-10,16H,1H3/b15-10+. The molecule has 0 radical (unpaired) electrons. The predicted molar refractivity (Wildman–Crippen MR) is 66.6 cm³/mol. The van der Waals surface area contributed by atoms with E-state index in [1.54, 1.807) is 12.4 Å². The fraction of sp³-hybridized carbons (Fsp3) is 0.0769. The van der Waals surface area contributed by atoms with Gasteiger partial charge in [-0.25, -0.2) is 0 Å². The highest BCUT2D eigenvalue weighted by Gasteiger charge is 1.88. The molecular formula is C13H13N3. The van der Waals surface area contributed by atoms with Crippen molar-refractivity contribution < 1.29 is 0 Å². The molecular weight excluding hydrogens is 198 g/mol. The zero-order valence-electron chi connectivity index (χ0n) is 9.09. The summed E-state index contributed by atoms with van der Waals surface area (Å²) in [7, 11) is 0. The van der Waals surface area contributed by atoms with Gasteiger partial charge >= 0.3 is 0 Å². The van der Waals surface area contributed by atoms with E-state index in [-0.39, 0.29) is 0 Å². The van der Waals surface area contributed by atoms with E-state index in [2.05, 4.69) is 22.4 Å². The van der Waals surface area contributed by atoms with Gasteiger partial charge in [-0.1, -0.05) is 23.8 Å². The molecule has 0 atom stereocenters. The number of nitrogens with one attached hydrogen (secondary N) is 1. The van der Waals surface area contributed by atoms with Gasteiger partial charge in [0.2, 0.25) is 0 Å². The van der Waals surface area contributed by atoms with Crippen molar-refractivity contribution >= 4 is 11.9 Å². The molecule has 2 aromatic rings. The Morgan fingerprint density at radius 2 is 1.94 bits per heavy atom. The predicted octanol–water partition coefficient (Wildman–Crippen LogP) is 2.84. The van der Waals surface area contributed by atoms with Crippen molar-refractivity contribution in [2.45, 2.75) is 6.92 Å². The van der Waals surface area contributed by atoms with Gasteiger partial charge in [0.05, 0.1) is 17.6 Å². The first-order valence-electron chi connectivity index (χ1n) is 5.11. The normalized spacial score (nSPS) is 10.6. The van der Waals surface area contributed by atoms with E-state index >= 15 is 0 Å². The van der Waals surface area contributed by atoms with Crippen LogP contribution in [0.15, 0.2) is 53.8 Å². The number of rotatable bonds is 3. The number of aromatic nitrogens is 1. The van der Waals surface area contributed by atoms with E-state index in [0.29, 0.717) is 0 Å². The van der Waals surface area contributed by atoms with Crippen LogP contribution in [0.2, 0.25) is 0 Å². The summed E-state index contributed by atoms with van der Waals surface area (Å²) in [5, 5.41) is 4.10. The van der Waals surface area contributed by atoms with Crippen LogP contribution in [0.25, 0.3) is 0 Å². The third-order valence-electron chi connectivity index (χ3n) is 2.13. The second-order valence-corrected chi connectivity index (χ2v) is 3.49. The second kappa shape index (κ2) is 5.07. The largest absolute Gasteiger partial charge is 0.278 e. The first kappa shape index (κ1) is 10.4. The highest BCUT2D eigenvalue weighted by atomic mass is 15.3. The zero-order chi connectivity index (χ0) is 11.2. The van der Waals surface area contributed by atoms with Crippen LogP contribution in [0.3, 0.4) is 0 Å². The molecule has 3 heteroatoms. The Morgan fingerprint density at radius 3 is 2.62 bits per heavy atom. The van der Waals surface area contributed by atoms with Crippen LogP contribution in [0.4, 0.5) is 5.69 Å². The average molecular weight is 211 g/mol. The van der Waals surface area contributed by atoms with Crippen molar-refractivity contribution in [1.82, 2.24) is 4.98 Å². The molecule has 0 aliphatic heterocycles. The Labute approximate surface area is 94.9 Å². The lowest BCUT2D eigenvalue weighted by molar-refractivity contribution is 1.28. The van der Waals surface area contributed by atoms with Crippen molar-refractivity contribution in [3.8, 4) is 0 Å². The van der Waals surface area contributed by atoms with Crippen molar-refractivity contribution in [3.63, 3.8) is 0 Å². The van der Waals surface area contributed by atoms with Crippen LogP contribution < -0.4 is 5.43 Å². The molecule has 0 amide bonds. The summed E-state index contributed by atoms with van der Waals surface area (Å²) < 4.78 is 0. The highest BCUT2D eigenvalue weighted by molar-refractivity contribution is 5.77. The lowest BCUT2D eigenvalue weighted by Gasteiger charge is -1.99. The van der Waals surface area contributed by atoms with Crippen molar-refractivity contribution in [2.24, 2.45) is 5.10 Å². The molecule has 0 aliphatic carbocycles. The number of hydrazone groups is 1. The third-order valence-corrected chi connectivity index (χ3v) is 2.13. The maximum atomic E-state index is 4.13. The van der Waals surface area contributed by atoms with Crippen molar-refractivity contribution in [3.05, 3.63) is 59.9 Å². The van der Waals surface area contributed by atoms with Crippen LogP contribution in [0, 0.1) is 6.92 Å². The molecule has 0 unspecified atom stereocenters. The Hall–Kier alpha value is -2.16. The highest BCUT2D eigenvalue weighted by Crippen LogP contribution is 2.07. The summed E-state index contributed by atoms with van der Waals surface area (Å²) in [6, 6.07) is 13.8. The first-order chi connectivity index (χ1) is 7.84. The minimum Gasteiger partial charge on any atom is -0.278 e. The Balaban J connectivity index is 1.97. The lowest BCUT2D eigenvalue weighted by Crippen LogP contribution is -1.91. The lowest BCUT2D eigenvalue weighted by atomic mass is 10.2. The summed E-state index contributed by atoms with van der Waals surface area (Å²) in [5.74, 6) is 0. The number of nitrogens with zero attached hydrogens (tertiary/aromatic N) is 2. The minimum absolute atomic E-state index is 0.835. The summed E-state index contributed by atoms with van der Waals surface area (Å²) in [6.07, 6.45) is 3.44. The van der Waals surface area contributed by atoms with Crippen LogP contribution in [-0.2, 0) is 0 Å². The zero-order valence-corrected chi connectivity index (χ0v) is 9.09. The molecule has 0 spiro atoms. The van der Waals surface area contributed by atoms with Crippen molar-refractivity contribution in [1.29, 1.82) is 0 Å². The van der Waals surface area contributed by atoms with E-state index < -0.39 is 0 Å². The van der Waals surface area contributed by atoms with E-state index in [1.165, 1.54) is 5.56 Å². The molecule has 0 aliphatic rings. The minimum atomic E-state index is 0.835. The van der Waals surface area contributed by atoms with Gasteiger partial charge in [-0.3, -0.25) is 10.4 Å². The summed E-state index contributed by atoms with van der Waals surface area (Å²) >= 11 is 0. The number of aryl methyl sites for hydroxylation is 1. The maximum Gasteiger partial charge on any atom is 0.0830 e. The number of hydrogen-bond acceptors (Lipinski definition) is 3. The molecule has 1 N–H and O–H groups in total. The Bertz CT molecular complexity index is 460. The Morgan fingerprint density at radius 1 is 1.12 bits per heavy atom. The van der Waals surface area contributed by atoms with Gasteiger partial charge in [-0.2, -0.15) is 5.10 Å². The second-order valence-electron chi connectivity index (χ2n) is 3.49. The smallest absolute Gasteiger partial charge is 0.0830 e. The number of hydrogen-bond donors (Lipinski definition) is 1. The topological polar surface area (TPSA) is 37.3 Å². The maximum absolute atomic E-state index is 4.13. The van der Waals surface area contributed by atoms with Crippen LogP contribution in [0.1, 0.15) is 11.3 Å².